The van der Waals surface area contributed by atoms with Gasteiger partial charge in [0.2, 0.25) is 0 Å². The van der Waals surface area contributed by atoms with Crippen LogP contribution in [0.1, 0.15) is 47.6 Å². The van der Waals surface area contributed by atoms with Gasteiger partial charge in [-0.3, -0.25) is 0 Å². The van der Waals surface area contributed by atoms with Crippen LogP contribution in [0.3, 0.4) is 0 Å². The summed E-state index contributed by atoms with van der Waals surface area (Å²) >= 11 is 21.8. The first-order valence-corrected chi connectivity index (χ1v) is 12.9. The average molecular weight is 586 g/mol. The molecule has 4 aromatic rings. The normalized spacial score (nSPS) is 11.9. The second-order valence-electron chi connectivity index (χ2n) is 8.19. The third-order valence-corrected chi connectivity index (χ3v) is 7.35. The Kier molecular flexibility index (Phi) is 12.6. The fourth-order valence-corrected chi connectivity index (χ4v) is 4.34. The van der Waals surface area contributed by atoms with Crippen LogP contribution < -0.4 is 0 Å². The van der Waals surface area contributed by atoms with Crippen molar-refractivity contribution in [3.63, 3.8) is 0 Å². The van der Waals surface area contributed by atoms with Crippen LogP contribution in [-0.4, -0.2) is 0 Å². The molecule has 0 bridgehead atoms. The first-order valence-electron chi connectivity index (χ1n) is 11.3. The van der Waals surface area contributed by atoms with Gasteiger partial charge in [-0.25, -0.2) is 0 Å². The molecule has 0 nitrogen and oxygen atoms in total. The molecular formula is C31H26NiS4-4. The van der Waals surface area contributed by atoms with Crippen LogP contribution in [0.25, 0.3) is 19.6 Å². The zero-order valence-corrected chi connectivity index (χ0v) is 24.2. The average Bonchev–Trinajstić information content (AvgIpc) is 2.93. The van der Waals surface area contributed by atoms with Gasteiger partial charge in [0.05, 0.1) is 0 Å². The minimum absolute atomic E-state index is 0. The summed E-state index contributed by atoms with van der Waals surface area (Å²) in [6.45, 7) is 4.36. The molecule has 5 heteroatoms. The van der Waals surface area contributed by atoms with Crippen molar-refractivity contribution < 1.29 is 16.5 Å². The molecule has 0 amide bonds. The van der Waals surface area contributed by atoms with Gasteiger partial charge in [-0.15, -0.1) is 0 Å². The fraction of sp³-hybridized carbons (Fsp3) is 0.0968. The fourth-order valence-electron chi connectivity index (χ4n) is 3.33. The monoisotopic (exact) mass is 584 g/mol. The van der Waals surface area contributed by atoms with Gasteiger partial charge in [0, 0.05) is 16.5 Å². The summed E-state index contributed by atoms with van der Waals surface area (Å²) in [5.41, 5.74) is 5.35. The molecule has 0 aromatic heterocycles. The quantitative estimate of drug-likeness (QED) is 0.131. The summed E-state index contributed by atoms with van der Waals surface area (Å²) < 4.78 is 0. The smallest absolute Gasteiger partial charge is 0 e. The molecule has 0 unspecified atom stereocenters. The van der Waals surface area contributed by atoms with Gasteiger partial charge < -0.3 is 50.5 Å². The molecule has 0 saturated heterocycles. The predicted octanol–water partition coefficient (Wildman–Crippen LogP) is 8.33. The molecule has 0 aliphatic carbocycles. The first-order chi connectivity index (χ1) is 16.9. The maximum atomic E-state index is 5.53. The van der Waals surface area contributed by atoms with Crippen LogP contribution in [0, 0.1) is 0 Å². The van der Waals surface area contributed by atoms with Crippen molar-refractivity contribution >= 4 is 70.1 Å². The van der Waals surface area contributed by atoms with Gasteiger partial charge in [0.1, 0.15) is 0 Å². The van der Waals surface area contributed by atoms with Crippen molar-refractivity contribution in [2.75, 3.05) is 0 Å². The molecule has 0 N–H and O–H groups in total. The molecule has 0 spiro atoms. The maximum Gasteiger partial charge on any atom is 0 e. The van der Waals surface area contributed by atoms with Gasteiger partial charge in [0.25, 0.3) is 0 Å². The Hall–Kier alpha value is -2.27. The summed E-state index contributed by atoms with van der Waals surface area (Å²) in [6.07, 6.45) is 0. The number of hydrogen-bond acceptors (Lipinski definition) is 4. The van der Waals surface area contributed by atoms with Gasteiger partial charge >= 0.3 is 0 Å². The maximum absolute atomic E-state index is 5.53. The minimum atomic E-state index is 0. The van der Waals surface area contributed by atoms with Crippen molar-refractivity contribution in [1.29, 1.82) is 0 Å². The molecule has 0 aliphatic rings. The van der Waals surface area contributed by atoms with E-state index in [0.29, 0.717) is 5.92 Å². The Labute approximate surface area is 247 Å². The van der Waals surface area contributed by atoms with Crippen LogP contribution in [-0.2, 0) is 67.0 Å². The van der Waals surface area contributed by atoms with E-state index in [0.717, 1.165) is 41.9 Å². The molecule has 4 aromatic carbocycles. The zero-order valence-electron chi connectivity index (χ0n) is 20.0. The van der Waals surface area contributed by atoms with Crippen molar-refractivity contribution in [1.82, 2.24) is 0 Å². The van der Waals surface area contributed by atoms with Crippen LogP contribution >= 0.6 is 0 Å². The topological polar surface area (TPSA) is 0 Å². The largest absolute Gasteiger partial charge is 0.781 e. The van der Waals surface area contributed by atoms with Crippen LogP contribution in [0.2, 0.25) is 0 Å². The second-order valence-corrected chi connectivity index (χ2v) is 9.83. The SMILES string of the molecule is CC(C)c1cccc(C([S-])=C([S-])c2ccccc2)c1.[Ni].[S-]C(=C([S-])c1ccccc1)c1ccccc1. The molecule has 0 atom stereocenters. The van der Waals surface area contributed by atoms with E-state index in [1.54, 1.807) is 0 Å². The second kappa shape index (κ2) is 15.1. The van der Waals surface area contributed by atoms with Crippen LogP contribution in [0.5, 0.6) is 0 Å². The first kappa shape index (κ1) is 30.0. The third kappa shape index (κ3) is 8.40. The van der Waals surface area contributed by atoms with Crippen LogP contribution in [0.4, 0.5) is 0 Å². The number of hydrogen-bond donors (Lipinski definition) is 0. The van der Waals surface area contributed by atoms with E-state index in [2.05, 4.69) is 26.0 Å². The van der Waals surface area contributed by atoms with Crippen molar-refractivity contribution in [2.24, 2.45) is 0 Å². The summed E-state index contributed by atoms with van der Waals surface area (Å²) in [7, 11) is 0. The molecule has 4 rings (SSSR count). The third-order valence-electron chi connectivity index (χ3n) is 5.34. The molecule has 36 heavy (non-hydrogen) atoms. The van der Waals surface area contributed by atoms with E-state index in [-0.39, 0.29) is 16.5 Å². The molecular weight excluding hydrogens is 559 g/mol. The van der Waals surface area contributed by atoms with Crippen molar-refractivity contribution in [3.8, 4) is 0 Å². The van der Waals surface area contributed by atoms with E-state index < -0.39 is 0 Å². The van der Waals surface area contributed by atoms with E-state index >= 15 is 0 Å². The van der Waals surface area contributed by atoms with Crippen molar-refractivity contribution in [3.05, 3.63) is 143 Å². The Morgan fingerprint density at radius 3 is 1.08 bits per heavy atom. The Bertz CT molecular complexity index is 1230. The summed E-state index contributed by atoms with van der Waals surface area (Å²) in [6, 6.07) is 38.0. The van der Waals surface area contributed by atoms with E-state index in [1.807, 2.05) is 103 Å². The Balaban J connectivity index is 0.000000250. The summed E-state index contributed by atoms with van der Waals surface area (Å²) in [5, 5.41) is 0. The zero-order chi connectivity index (χ0) is 25.2. The molecule has 0 aliphatic heterocycles. The molecule has 0 radical (unpaired) electrons. The molecule has 0 heterocycles. The Morgan fingerprint density at radius 2 is 0.750 bits per heavy atom. The Morgan fingerprint density at radius 1 is 0.444 bits per heavy atom. The minimum Gasteiger partial charge on any atom is -0.781 e. The van der Waals surface area contributed by atoms with Gasteiger partial charge in [0.15, 0.2) is 0 Å². The summed E-state index contributed by atoms with van der Waals surface area (Å²) in [5.74, 6) is 0.494. The number of benzene rings is 4. The molecule has 0 saturated carbocycles. The van der Waals surface area contributed by atoms with Crippen molar-refractivity contribution in [2.45, 2.75) is 19.8 Å². The van der Waals surface area contributed by atoms with E-state index in [9.17, 15) is 0 Å². The predicted molar refractivity (Wildman–Crippen MR) is 163 cm³/mol. The molecule has 188 valence electrons. The van der Waals surface area contributed by atoms with Crippen LogP contribution in [0.15, 0.2) is 115 Å². The molecule has 0 fully saturated rings. The van der Waals surface area contributed by atoms with Gasteiger partial charge in [-0.2, -0.15) is 19.6 Å². The standard InChI is InChI=1S/C17H18S2.C14H12S2.Ni/c1-12(2)14-9-6-10-15(11-14)17(19)16(18)13-7-4-3-5-8-13;15-13(11-7-3-1-4-8-11)14(16)12-9-5-2-6-10-12;/h3-12,18-19H,1-2H3;1-10,15-16H;/p-4. The van der Waals surface area contributed by atoms with Gasteiger partial charge in [-0.1, -0.05) is 129 Å². The van der Waals surface area contributed by atoms with E-state index in [1.165, 1.54) is 5.56 Å². The summed E-state index contributed by atoms with van der Waals surface area (Å²) in [4.78, 5) is 2.98. The number of rotatable bonds is 5. The van der Waals surface area contributed by atoms with E-state index in [4.69, 9.17) is 50.5 Å². The van der Waals surface area contributed by atoms with Gasteiger partial charge in [-0.05, 0) is 33.7 Å².